The van der Waals surface area contributed by atoms with Crippen LogP contribution in [0.4, 0.5) is 4.39 Å². The van der Waals surface area contributed by atoms with Crippen molar-refractivity contribution >= 4 is 17.6 Å². The second kappa shape index (κ2) is 6.96. The zero-order valence-corrected chi connectivity index (χ0v) is 10.0. The molecule has 0 N–H and O–H groups in total. The van der Waals surface area contributed by atoms with Crippen molar-refractivity contribution in [1.82, 2.24) is 0 Å². The number of rotatable bonds is 5. The predicted octanol–water partition coefficient (Wildman–Crippen LogP) is 2.91. The van der Waals surface area contributed by atoms with Crippen molar-refractivity contribution < 1.29 is 13.9 Å². The first kappa shape index (κ1) is 13.6. The molecule has 0 aliphatic heterocycles. The summed E-state index contributed by atoms with van der Waals surface area (Å²) in [5.41, 5.74) is -0.786. The van der Waals surface area contributed by atoms with Crippen molar-refractivity contribution in [2.45, 2.75) is 19.0 Å². The molecule has 0 aliphatic carbocycles. The van der Waals surface area contributed by atoms with E-state index < -0.39 is 11.5 Å². The van der Waals surface area contributed by atoms with E-state index in [-0.39, 0.29) is 19.0 Å². The zero-order chi connectivity index (χ0) is 12.7. The van der Waals surface area contributed by atoms with Gasteiger partial charge in [0.15, 0.2) is 0 Å². The Morgan fingerprint density at radius 3 is 2.88 bits per heavy atom. The molecule has 0 heterocycles. The standard InChI is InChI=1S/C11H12ClFN2O2/c1-2-17-11(16)10(12)15-14-7-8-5-3-4-6-9(8)13/h3-6,10H,2,7H2,1H3. The van der Waals surface area contributed by atoms with Crippen LogP contribution in [0.15, 0.2) is 34.5 Å². The van der Waals surface area contributed by atoms with Gasteiger partial charge in [0.2, 0.25) is 5.50 Å². The molecule has 0 saturated heterocycles. The first-order chi connectivity index (χ1) is 8.15. The number of esters is 1. The number of alkyl halides is 1. The van der Waals surface area contributed by atoms with E-state index >= 15 is 0 Å². The summed E-state index contributed by atoms with van der Waals surface area (Å²) >= 11 is 5.59. The molecular formula is C11H12ClFN2O2. The Labute approximate surface area is 103 Å². The molecule has 6 heteroatoms. The SMILES string of the molecule is CCOC(=O)C(Cl)N=NCc1ccccc1F. The second-order valence-electron chi connectivity index (χ2n) is 3.09. The van der Waals surface area contributed by atoms with Crippen LogP contribution in [0.25, 0.3) is 0 Å². The van der Waals surface area contributed by atoms with Crippen LogP contribution in [0.5, 0.6) is 0 Å². The minimum Gasteiger partial charge on any atom is -0.463 e. The van der Waals surface area contributed by atoms with Gasteiger partial charge < -0.3 is 4.74 Å². The third kappa shape index (κ3) is 4.48. The van der Waals surface area contributed by atoms with Crippen LogP contribution in [0, 0.1) is 5.82 Å². The fraction of sp³-hybridized carbons (Fsp3) is 0.364. The summed E-state index contributed by atoms with van der Waals surface area (Å²) in [6, 6.07) is 6.19. The van der Waals surface area contributed by atoms with Gasteiger partial charge in [-0.05, 0) is 13.0 Å². The average Bonchev–Trinajstić information content (AvgIpc) is 2.31. The average molecular weight is 259 g/mol. The van der Waals surface area contributed by atoms with Gasteiger partial charge in [0, 0.05) is 5.56 Å². The minimum absolute atomic E-state index is 0.0370. The van der Waals surface area contributed by atoms with E-state index in [1.807, 2.05) is 0 Å². The Morgan fingerprint density at radius 1 is 1.53 bits per heavy atom. The summed E-state index contributed by atoms with van der Waals surface area (Å²) < 4.78 is 17.8. The number of benzene rings is 1. The van der Waals surface area contributed by atoms with E-state index in [0.29, 0.717) is 5.56 Å². The van der Waals surface area contributed by atoms with Crippen LogP contribution < -0.4 is 0 Å². The van der Waals surface area contributed by atoms with Crippen LogP contribution in [0.2, 0.25) is 0 Å². The lowest BCUT2D eigenvalue weighted by molar-refractivity contribution is -0.142. The number of azo groups is 1. The highest BCUT2D eigenvalue weighted by Gasteiger charge is 2.14. The maximum Gasteiger partial charge on any atom is 0.348 e. The van der Waals surface area contributed by atoms with Gasteiger partial charge in [-0.2, -0.15) is 10.2 Å². The van der Waals surface area contributed by atoms with Crippen molar-refractivity contribution in [3.8, 4) is 0 Å². The molecular weight excluding hydrogens is 247 g/mol. The van der Waals surface area contributed by atoms with E-state index in [1.54, 1.807) is 25.1 Å². The van der Waals surface area contributed by atoms with Crippen LogP contribution >= 0.6 is 11.6 Å². The summed E-state index contributed by atoms with van der Waals surface area (Å²) in [6.07, 6.45) is 0. The molecule has 0 aromatic heterocycles. The van der Waals surface area contributed by atoms with E-state index in [2.05, 4.69) is 15.0 Å². The summed E-state index contributed by atoms with van der Waals surface area (Å²) in [7, 11) is 0. The predicted molar refractivity (Wildman–Crippen MR) is 61.2 cm³/mol. The molecule has 17 heavy (non-hydrogen) atoms. The summed E-state index contributed by atoms with van der Waals surface area (Å²) in [6.45, 7) is 1.93. The Bertz CT molecular complexity index is 412. The molecule has 0 bridgehead atoms. The van der Waals surface area contributed by atoms with Gasteiger partial charge in [-0.15, -0.1) is 0 Å². The quantitative estimate of drug-likeness (QED) is 0.353. The lowest BCUT2D eigenvalue weighted by Crippen LogP contribution is -2.15. The molecule has 1 aromatic rings. The molecule has 0 fully saturated rings. The lowest BCUT2D eigenvalue weighted by Gasteiger charge is -2.02. The Morgan fingerprint density at radius 2 is 2.24 bits per heavy atom. The smallest absolute Gasteiger partial charge is 0.348 e. The molecule has 92 valence electrons. The van der Waals surface area contributed by atoms with E-state index in [0.717, 1.165) is 0 Å². The van der Waals surface area contributed by atoms with Gasteiger partial charge in [0.05, 0.1) is 13.2 Å². The molecule has 0 aliphatic rings. The molecule has 1 rings (SSSR count). The summed E-state index contributed by atoms with van der Waals surface area (Å²) in [5.74, 6) is -1.03. The molecule has 0 radical (unpaired) electrons. The third-order valence-corrected chi connectivity index (χ3v) is 2.13. The topological polar surface area (TPSA) is 51.0 Å². The number of nitrogens with zero attached hydrogens (tertiary/aromatic N) is 2. The van der Waals surface area contributed by atoms with Crippen molar-refractivity contribution in [3.63, 3.8) is 0 Å². The largest absolute Gasteiger partial charge is 0.463 e. The minimum atomic E-state index is -1.18. The van der Waals surface area contributed by atoms with Gasteiger partial charge in [0.25, 0.3) is 0 Å². The number of hydrogen-bond acceptors (Lipinski definition) is 4. The van der Waals surface area contributed by atoms with Crippen molar-refractivity contribution in [2.75, 3.05) is 6.61 Å². The molecule has 0 spiro atoms. The van der Waals surface area contributed by atoms with Crippen molar-refractivity contribution in [2.24, 2.45) is 10.2 Å². The molecule has 1 aromatic carbocycles. The summed E-state index contributed by atoms with van der Waals surface area (Å²) in [4.78, 5) is 11.1. The second-order valence-corrected chi connectivity index (χ2v) is 3.51. The maximum absolute atomic E-state index is 13.2. The number of hydrogen-bond donors (Lipinski definition) is 0. The first-order valence-corrected chi connectivity index (χ1v) is 5.49. The molecule has 1 unspecified atom stereocenters. The van der Waals surface area contributed by atoms with E-state index in [1.165, 1.54) is 6.07 Å². The molecule has 1 atom stereocenters. The van der Waals surface area contributed by atoms with Gasteiger partial charge in [-0.1, -0.05) is 29.8 Å². The number of carbonyl (C=O) groups is 1. The number of carbonyl (C=O) groups excluding carboxylic acids is 1. The highest BCUT2D eigenvalue weighted by Crippen LogP contribution is 2.09. The molecule has 4 nitrogen and oxygen atoms in total. The fourth-order valence-electron chi connectivity index (χ4n) is 1.07. The van der Waals surface area contributed by atoms with Crippen LogP contribution in [0.3, 0.4) is 0 Å². The highest BCUT2D eigenvalue weighted by molar-refractivity contribution is 6.29. The van der Waals surface area contributed by atoms with Gasteiger partial charge >= 0.3 is 5.97 Å². The van der Waals surface area contributed by atoms with Crippen molar-refractivity contribution in [1.29, 1.82) is 0 Å². The summed E-state index contributed by atoms with van der Waals surface area (Å²) in [5, 5.41) is 7.19. The normalized spacial score (nSPS) is 12.6. The maximum atomic E-state index is 13.2. The zero-order valence-electron chi connectivity index (χ0n) is 9.27. The third-order valence-electron chi connectivity index (χ3n) is 1.86. The van der Waals surface area contributed by atoms with Gasteiger partial charge in [0.1, 0.15) is 5.82 Å². The number of ether oxygens (including phenoxy) is 1. The molecule has 0 saturated carbocycles. The fourth-order valence-corrected chi connectivity index (χ4v) is 1.20. The van der Waals surface area contributed by atoms with Crippen molar-refractivity contribution in [3.05, 3.63) is 35.6 Å². The van der Waals surface area contributed by atoms with Crippen LogP contribution in [-0.4, -0.2) is 18.1 Å². The van der Waals surface area contributed by atoms with E-state index in [9.17, 15) is 9.18 Å². The highest BCUT2D eigenvalue weighted by atomic mass is 35.5. The van der Waals surface area contributed by atoms with Gasteiger partial charge in [-0.3, -0.25) is 0 Å². The van der Waals surface area contributed by atoms with Crippen LogP contribution in [0.1, 0.15) is 12.5 Å². The lowest BCUT2D eigenvalue weighted by atomic mass is 10.2. The Balaban J connectivity index is 2.50. The van der Waals surface area contributed by atoms with Gasteiger partial charge in [-0.25, -0.2) is 9.18 Å². The number of halogens is 2. The Hall–Kier alpha value is -1.49. The monoisotopic (exact) mass is 258 g/mol. The molecule has 0 amide bonds. The first-order valence-electron chi connectivity index (χ1n) is 5.06. The van der Waals surface area contributed by atoms with Crippen LogP contribution in [-0.2, 0) is 16.1 Å². The Kier molecular flexibility index (Phi) is 5.56. The van der Waals surface area contributed by atoms with E-state index in [4.69, 9.17) is 11.6 Å².